The van der Waals surface area contributed by atoms with Crippen LogP contribution < -0.4 is 15.0 Å². The summed E-state index contributed by atoms with van der Waals surface area (Å²) in [5.74, 6) is -0.559. The van der Waals surface area contributed by atoms with Crippen LogP contribution in [0.25, 0.3) is 5.69 Å². The average molecular weight is 413 g/mol. The lowest BCUT2D eigenvalue weighted by Crippen LogP contribution is -2.19. The third-order valence-electron chi connectivity index (χ3n) is 4.98. The number of ether oxygens (including phenoxy) is 2. The maximum Gasteiger partial charge on any atom is 0.258 e. The smallest absolute Gasteiger partial charge is 0.258 e. The molecular formula is C23H21F2NO4. The van der Waals surface area contributed by atoms with Crippen molar-refractivity contribution in [2.45, 2.75) is 25.6 Å². The van der Waals surface area contributed by atoms with Gasteiger partial charge in [0.2, 0.25) is 0 Å². The third-order valence-corrected chi connectivity index (χ3v) is 4.98. The molecule has 0 spiro atoms. The first-order valence-electron chi connectivity index (χ1n) is 9.70. The molecule has 0 aliphatic heterocycles. The zero-order chi connectivity index (χ0) is 21.1. The Bertz CT molecular complexity index is 1080. The van der Waals surface area contributed by atoms with E-state index in [-0.39, 0.29) is 18.8 Å². The van der Waals surface area contributed by atoms with Gasteiger partial charge in [-0.2, -0.15) is 0 Å². The minimum atomic E-state index is -0.944. The molecule has 7 heteroatoms. The predicted octanol–water partition coefficient (Wildman–Crippen LogP) is 3.84. The van der Waals surface area contributed by atoms with E-state index in [4.69, 9.17) is 9.47 Å². The van der Waals surface area contributed by atoms with Crippen LogP contribution >= 0.6 is 0 Å². The summed E-state index contributed by atoms with van der Waals surface area (Å²) in [5, 5.41) is 9.87. The molecule has 30 heavy (non-hydrogen) atoms. The number of aromatic nitrogens is 1. The van der Waals surface area contributed by atoms with E-state index in [1.165, 1.54) is 16.7 Å². The minimum Gasteiger partial charge on any atom is -0.491 e. The molecule has 1 unspecified atom stereocenters. The fraction of sp³-hybridized carbons (Fsp3) is 0.261. The normalized spacial score (nSPS) is 14.4. The van der Waals surface area contributed by atoms with Crippen molar-refractivity contribution in [1.29, 1.82) is 0 Å². The van der Waals surface area contributed by atoms with Gasteiger partial charge in [-0.1, -0.05) is 6.07 Å². The highest BCUT2D eigenvalue weighted by atomic mass is 19.2. The zero-order valence-electron chi connectivity index (χ0n) is 16.1. The Balaban J connectivity index is 1.38. The molecule has 1 aliphatic carbocycles. The van der Waals surface area contributed by atoms with Crippen LogP contribution in [0.1, 0.15) is 18.4 Å². The van der Waals surface area contributed by atoms with Gasteiger partial charge in [0.25, 0.3) is 5.56 Å². The summed E-state index contributed by atoms with van der Waals surface area (Å²) in [6.07, 6.45) is 3.24. The lowest BCUT2D eigenvalue weighted by molar-refractivity contribution is 0.0894. The standard InChI is InChI=1S/C23H21F2NO4/c24-20-8-1-15(11-21(20)25)13-29-19-9-10-26(23(28)12-19)17-4-6-18(7-5-17)30-14-22(27)16-2-3-16/h1,4-12,16,22,27H,2-3,13-14H2. The molecule has 0 radical (unpaired) electrons. The molecule has 5 nitrogen and oxygen atoms in total. The van der Waals surface area contributed by atoms with Gasteiger partial charge in [-0.05, 0) is 66.8 Å². The van der Waals surface area contributed by atoms with Crippen molar-refractivity contribution in [2.75, 3.05) is 6.61 Å². The van der Waals surface area contributed by atoms with E-state index < -0.39 is 17.7 Å². The second-order valence-corrected chi connectivity index (χ2v) is 7.32. The molecule has 156 valence electrons. The van der Waals surface area contributed by atoms with Crippen molar-refractivity contribution >= 4 is 0 Å². The van der Waals surface area contributed by atoms with Gasteiger partial charge in [-0.3, -0.25) is 9.36 Å². The highest BCUT2D eigenvalue weighted by Crippen LogP contribution is 2.32. The van der Waals surface area contributed by atoms with E-state index >= 15 is 0 Å². The maximum atomic E-state index is 13.3. The van der Waals surface area contributed by atoms with Crippen molar-refractivity contribution < 1.29 is 23.4 Å². The molecule has 4 rings (SSSR count). The molecule has 1 heterocycles. The van der Waals surface area contributed by atoms with Gasteiger partial charge >= 0.3 is 0 Å². The van der Waals surface area contributed by atoms with E-state index in [0.29, 0.717) is 28.7 Å². The molecule has 0 saturated heterocycles. The molecule has 3 aromatic rings. The first kappa shape index (κ1) is 20.1. The Morgan fingerprint density at radius 1 is 0.967 bits per heavy atom. The number of hydrogen-bond donors (Lipinski definition) is 1. The van der Waals surface area contributed by atoms with E-state index in [2.05, 4.69) is 0 Å². The second kappa shape index (κ2) is 8.67. The third kappa shape index (κ3) is 4.86. The second-order valence-electron chi connectivity index (χ2n) is 7.32. The number of aliphatic hydroxyl groups excluding tert-OH is 1. The van der Waals surface area contributed by atoms with E-state index in [9.17, 15) is 18.7 Å². The molecule has 0 bridgehead atoms. The van der Waals surface area contributed by atoms with Gasteiger partial charge < -0.3 is 14.6 Å². The SMILES string of the molecule is O=c1cc(OCc2ccc(F)c(F)c2)ccn1-c1ccc(OCC(O)C2CC2)cc1. The largest absolute Gasteiger partial charge is 0.491 e. The highest BCUT2D eigenvalue weighted by Gasteiger charge is 2.30. The monoisotopic (exact) mass is 413 g/mol. The summed E-state index contributed by atoms with van der Waals surface area (Å²) < 4.78 is 38.8. The van der Waals surface area contributed by atoms with Gasteiger partial charge in [0.05, 0.1) is 6.10 Å². The lowest BCUT2D eigenvalue weighted by Gasteiger charge is -2.12. The van der Waals surface area contributed by atoms with Crippen LogP contribution in [0.3, 0.4) is 0 Å². The molecule has 1 atom stereocenters. The number of aliphatic hydroxyl groups is 1. The summed E-state index contributed by atoms with van der Waals surface area (Å²) in [4.78, 5) is 12.4. The van der Waals surface area contributed by atoms with Gasteiger partial charge in [0.1, 0.15) is 24.7 Å². The lowest BCUT2D eigenvalue weighted by atomic mass is 10.2. The van der Waals surface area contributed by atoms with Crippen LogP contribution in [0.4, 0.5) is 8.78 Å². The first-order valence-corrected chi connectivity index (χ1v) is 9.70. The molecular weight excluding hydrogens is 392 g/mol. The molecule has 1 N–H and O–H groups in total. The summed E-state index contributed by atoms with van der Waals surface area (Å²) in [7, 11) is 0. The number of rotatable bonds is 8. The summed E-state index contributed by atoms with van der Waals surface area (Å²) in [5.41, 5.74) is 0.818. The number of pyridine rings is 1. The van der Waals surface area contributed by atoms with Gasteiger partial charge in [0.15, 0.2) is 11.6 Å². The molecule has 1 aliphatic rings. The number of benzene rings is 2. The summed E-state index contributed by atoms with van der Waals surface area (Å²) >= 11 is 0. The van der Waals surface area contributed by atoms with Crippen molar-refractivity contribution in [2.24, 2.45) is 5.92 Å². The van der Waals surface area contributed by atoms with Crippen LogP contribution in [0, 0.1) is 17.6 Å². The van der Waals surface area contributed by atoms with Gasteiger partial charge in [-0.25, -0.2) is 8.78 Å². The van der Waals surface area contributed by atoms with Crippen molar-refractivity contribution in [1.82, 2.24) is 4.57 Å². The van der Waals surface area contributed by atoms with E-state index in [1.54, 1.807) is 36.5 Å². The minimum absolute atomic E-state index is 0.0133. The van der Waals surface area contributed by atoms with Crippen LogP contribution in [-0.4, -0.2) is 22.4 Å². The Morgan fingerprint density at radius 2 is 1.73 bits per heavy atom. The highest BCUT2D eigenvalue weighted by molar-refractivity contribution is 5.38. The number of nitrogens with zero attached hydrogens (tertiary/aromatic N) is 1. The maximum absolute atomic E-state index is 13.3. The number of halogens is 2. The predicted molar refractivity (Wildman–Crippen MR) is 107 cm³/mol. The number of hydrogen-bond acceptors (Lipinski definition) is 4. The van der Waals surface area contributed by atoms with Gasteiger partial charge in [0, 0.05) is 18.0 Å². The summed E-state index contributed by atoms with van der Waals surface area (Å²) in [6.45, 7) is 0.271. The molecule has 2 aromatic carbocycles. The van der Waals surface area contributed by atoms with Crippen molar-refractivity contribution in [3.8, 4) is 17.2 Å². The Morgan fingerprint density at radius 3 is 2.40 bits per heavy atom. The first-order chi connectivity index (χ1) is 14.5. The Labute approximate surface area is 172 Å². The van der Waals surface area contributed by atoms with E-state index in [0.717, 1.165) is 25.0 Å². The molecule has 1 fully saturated rings. The Kier molecular flexibility index (Phi) is 5.81. The van der Waals surface area contributed by atoms with Crippen LogP contribution in [0.15, 0.2) is 65.6 Å². The fourth-order valence-corrected chi connectivity index (χ4v) is 3.06. The molecule has 1 aromatic heterocycles. The van der Waals surface area contributed by atoms with Crippen molar-refractivity contribution in [3.63, 3.8) is 0 Å². The van der Waals surface area contributed by atoms with E-state index in [1.807, 2.05) is 0 Å². The topological polar surface area (TPSA) is 60.7 Å². The average Bonchev–Trinajstić information content (AvgIpc) is 3.59. The fourth-order valence-electron chi connectivity index (χ4n) is 3.06. The van der Waals surface area contributed by atoms with Crippen LogP contribution in [-0.2, 0) is 6.61 Å². The van der Waals surface area contributed by atoms with Crippen molar-refractivity contribution in [3.05, 3.63) is 88.3 Å². The quantitative estimate of drug-likeness (QED) is 0.610. The zero-order valence-corrected chi connectivity index (χ0v) is 16.1. The van der Waals surface area contributed by atoms with Crippen LogP contribution in [0.5, 0.6) is 11.5 Å². The molecule has 1 saturated carbocycles. The van der Waals surface area contributed by atoms with Gasteiger partial charge in [-0.15, -0.1) is 0 Å². The molecule has 0 amide bonds. The Hall–Kier alpha value is -3.19. The van der Waals surface area contributed by atoms with Crippen LogP contribution in [0.2, 0.25) is 0 Å². The summed E-state index contributed by atoms with van der Waals surface area (Å²) in [6, 6.07) is 13.5.